The van der Waals surface area contributed by atoms with Crippen LogP contribution in [-0.2, 0) is 4.84 Å². The SMILES string of the molecule is C#CC(CCCCC)O/N=C1/c2cc(OC)c(OC)cc2-c2[nH]c3ccc(OCCN(C)C)cc3c21. The van der Waals surface area contributed by atoms with E-state index < -0.39 is 0 Å². The molecule has 4 rings (SSSR count). The second-order valence-electron chi connectivity index (χ2n) is 9.18. The van der Waals surface area contributed by atoms with Crippen LogP contribution in [0.5, 0.6) is 17.2 Å². The highest BCUT2D eigenvalue weighted by atomic mass is 16.6. The molecule has 0 saturated carbocycles. The minimum Gasteiger partial charge on any atom is -0.493 e. The normalized spacial score (nSPS) is 14.0. The number of aromatic amines is 1. The Morgan fingerprint density at radius 1 is 1.06 bits per heavy atom. The molecule has 1 aromatic heterocycles. The molecule has 1 aliphatic rings. The first kappa shape index (κ1) is 25.5. The van der Waals surface area contributed by atoms with Gasteiger partial charge in [0.05, 0.1) is 19.9 Å². The van der Waals surface area contributed by atoms with E-state index in [1.807, 2.05) is 38.4 Å². The molecule has 0 radical (unpaired) electrons. The Kier molecular flexibility index (Phi) is 8.07. The fourth-order valence-electron chi connectivity index (χ4n) is 4.43. The van der Waals surface area contributed by atoms with Crippen molar-refractivity contribution in [3.63, 3.8) is 0 Å². The Balaban J connectivity index is 1.78. The fraction of sp³-hybridized carbons (Fsp3) is 0.414. The highest BCUT2D eigenvalue weighted by molar-refractivity contribution is 6.30. The van der Waals surface area contributed by atoms with E-state index in [1.165, 1.54) is 0 Å². The number of benzene rings is 2. The summed E-state index contributed by atoms with van der Waals surface area (Å²) in [4.78, 5) is 11.6. The summed E-state index contributed by atoms with van der Waals surface area (Å²) in [5.74, 6) is 4.82. The predicted molar refractivity (Wildman–Crippen MR) is 144 cm³/mol. The molecule has 0 spiro atoms. The third-order valence-corrected chi connectivity index (χ3v) is 6.39. The Morgan fingerprint density at radius 2 is 1.81 bits per heavy atom. The number of aromatic nitrogens is 1. The average molecular weight is 490 g/mol. The van der Waals surface area contributed by atoms with Gasteiger partial charge < -0.3 is 28.9 Å². The van der Waals surface area contributed by atoms with Gasteiger partial charge in [-0.2, -0.15) is 0 Å². The number of methoxy groups -OCH3 is 2. The van der Waals surface area contributed by atoms with Crippen molar-refractivity contribution in [3.8, 4) is 40.8 Å². The molecule has 0 fully saturated rings. The number of terminal acetylenes is 1. The van der Waals surface area contributed by atoms with Crippen LogP contribution in [0.25, 0.3) is 22.2 Å². The van der Waals surface area contributed by atoms with Crippen LogP contribution in [-0.4, -0.2) is 63.2 Å². The highest BCUT2D eigenvalue weighted by Gasteiger charge is 2.32. The van der Waals surface area contributed by atoms with E-state index in [-0.39, 0.29) is 6.10 Å². The smallest absolute Gasteiger partial charge is 0.187 e. The molecular formula is C29H35N3O4. The molecule has 1 N–H and O–H groups in total. The molecular weight excluding hydrogens is 454 g/mol. The molecule has 1 heterocycles. The summed E-state index contributed by atoms with van der Waals surface area (Å²) >= 11 is 0. The topological polar surface area (TPSA) is 68.3 Å². The van der Waals surface area contributed by atoms with Gasteiger partial charge in [-0.3, -0.25) is 0 Å². The molecule has 2 aromatic carbocycles. The number of hydrogen-bond donors (Lipinski definition) is 1. The van der Waals surface area contributed by atoms with Gasteiger partial charge in [-0.05, 0) is 57.3 Å². The number of nitrogens with one attached hydrogen (secondary N) is 1. The molecule has 1 atom stereocenters. The van der Waals surface area contributed by atoms with Crippen molar-refractivity contribution in [2.45, 2.75) is 38.7 Å². The number of rotatable bonds is 12. The summed E-state index contributed by atoms with van der Waals surface area (Å²) in [6.07, 6.45) is 9.39. The van der Waals surface area contributed by atoms with Crippen molar-refractivity contribution >= 4 is 16.6 Å². The largest absolute Gasteiger partial charge is 0.493 e. The van der Waals surface area contributed by atoms with Gasteiger partial charge in [0, 0.05) is 34.1 Å². The third kappa shape index (κ3) is 5.14. The van der Waals surface area contributed by atoms with E-state index in [0.29, 0.717) is 23.8 Å². The first-order chi connectivity index (χ1) is 17.5. The molecule has 1 unspecified atom stereocenters. The number of oxime groups is 1. The fourth-order valence-corrected chi connectivity index (χ4v) is 4.43. The van der Waals surface area contributed by atoms with Gasteiger partial charge in [0.2, 0.25) is 0 Å². The van der Waals surface area contributed by atoms with Crippen molar-refractivity contribution in [2.75, 3.05) is 41.5 Å². The second-order valence-corrected chi connectivity index (χ2v) is 9.18. The van der Waals surface area contributed by atoms with E-state index in [1.54, 1.807) is 14.2 Å². The lowest BCUT2D eigenvalue weighted by atomic mass is 10.1. The lowest BCUT2D eigenvalue weighted by Crippen LogP contribution is -2.19. The van der Waals surface area contributed by atoms with Crippen LogP contribution in [0.1, 0.15) is 43.7 Å². The maximum Gasteiger partial charge on any atom is 0.187 e. The van der Waals surface area contributed by atoms with Crippen molar-refractivity contribution in [1.29, 1.82) is 0 Å². The van der Waals surface area contributed by atoms with Crippen molar-refractivity contribution in [2.24, 2.45) is 5.16 Å². The first-order valence-electron chi connectivity index (χ1n) is 12.4. The number of hydrogen-bond acceptors (Lipinski definition) is 6. The summed E-state index contributed by atoms with van der Waals surface area (Å²) < 4.78 is 17.2. The highest BCUT2D eigenvalue weighted by Crippen LogP contribution is 2.46. The second kappa shape index (κ2) is 11.4. The zero-order chi connectivity index (χ0) is 25.7. The van der Waals surface area contributed by atoms with Gasteiger partial charge >= 0.3 is 0 Å². The summed E-state index contributed by atoms with van der Waals surface area (Å²) in [7, 11) is 7.31. The van der Waals surface area contributed by atoms with Crippen LogP contribution in [0, 0.1) is 12.3 Å². The number of unbranched alkanes of at least 4 members (excludes halogenated alkanes) is 2. The number of fused-ring (bicyclic) bond motifs is 5. The lowest BCUT2D eigenvalue weighted by molar-refractivity contribution is 0.0916. The molecule has 3 aromatic rings. The summed E-state index contributed by atoms with van der Waals surface area (Å²) in [6.45, 7) is 3.60. The van der Waals surface area contributed by atoms with Crippen LogP contribution in [0.3, 0.4) is 0 Å². The average Bonchev–Trinajstić information content (AvgIpc) is 3.39. The summed E-state index contributed by atoms with van der Waals surface area (Å²) in [5.41, 5.74) is 5.49. The lowest BCUT2D eigenvalue weighted by Gasteiger charge is -2.13. The Hall–Kier alpha value is -3.63. The zero-order valence-electron chi connectivity index (χ0n) is 21.8. The Labute approximate surface area is 213 Å². The minimum atomic E-state index is -0.383. The third-order valence-electron chi connectivity index (χ3n) is 6.39. The van der Waals surface area contributed by atoms with Crippen LogP contribution < -0.4 is 14.2 Å². The van der Waals surface area contributed by atoms with Gasteiger partial charge in [-0.15, -0.1) is 6.42 Å². The number of H-pyrrole nitrogens is 1. The van der Waals surface area contributed by atoms with E-state index >= 15 is 0 Å². The number of likely N-dealkylation sites (N-methyl/N-ethyl adjacent to an activating group) is 1. The molecule has 1 aliphatic carbocycles. The number of ether oxygens (including phenoxy) is 3. The Morgan fingerprint density at radius 3 is 2.47 bits per heavy atom. The Bertz CT molecular complexity index is 1290. The van der Waals surface area contributed by atoms with Crippen molar-refractivity contribution < 1.29 is 19.0 Å². The molecule has 0 amide bonds. The number of nitrogens with zero attached hydrogens (tertiary/aromatic N) is 2. The van der Waals surface area contributed by atoms with Crippen molar-refractivity contribution in [3.05, 3.63) is 41.5 Å². The molecule has 7 heteroatoms. The monoisotopic (exact) mass is 489 g/mol. The molecule has 36 heavy (non-hydrogen) atoms. The summed E-state index contributed by atoms with van der Waals surface area (Å²) in [6, 6.07) is 9.98. The molecule has 7 nitrogen and oxygen atoms in total. The summed E-state index contributed by atoms with van der Waals surface area (Å²) in [5, 5.41) is 5.64. The maximum absolute atomic E-state index is 6.02. The maximum atomic E-state index is 6.02. The van der Waals surface area contributed by atoms with Crippen molar-refractivity contribution in [1.82, 2.24) is 9.88 Å². The van der Waals surface area contributed by atoms with E-state index in [4.69, 9.17) is 25.5 Å². The molecule has 0 bridgehead atoms. The van der Waals surface area contributed by atoms with Gasteiger partial charge in [0.15, 0.2) is 17.6 Å². The van der Waals surface area contributed by atoms with Crippen LogP contribution >= 0.6 is 0 Å². The molecule has 0 saturated heterocycles. The quantitative estimate of drug-likeness (QED) is 0.163. The predicted octanol–water partition coefficient (Wildman–Crippen LogP) is 5.46. The van der Waals surface area contributed by atoms with E-state index in [0.717, 1.165) is 71.3 Å². The van der Waals surface area contributed by atoms with Gasteiger partial charge in [-0.1, -0.05) is 30.8 Å². The molecule has 190 valence electrons. The molecule has 0 aliphatic heterocycles. The van der Waals surface area contributed by atoms with Gasteiger partial charge in [-0.25, -0.2) is 0 Å². The van der Waals surface area contributed by atoms with E-state index in [2.05, 4.69) is 34.0 Å². The minimum absolute atomic E-state index is 0.383. The van der Waals surface area contributed by atoms with Crippen LogP contribution in [0.15, 0.2) is 35.5 Å². The van der Waals surface area contributed by atoms with Gasteiger partial charge in [0.25, 0.3) is 0 Å². The van der Waals surface area contributed by atoms with Crippen LogP contribution in [0.2, 0.25) is 0 Å². The first-order valence-corrected chi connectivity index (χ1v) is 12.4. The standard InChI is InChI=1S/C29H35N3O4/c1-7-9-10-11-19(8-2)36-31-29-22-18-26(34-6)25(33-5)17-21(22)28-27(29)23-16-20(12-13-24(23)30-28)35-15-14-32(3)4/h2,12-13,16-19,30H,7,9-11,14-15H2,1,3-6H3/b31-29-. The van der Waals surface area contributed by atoms with Gasteiger partial charge in [0.1, 0.15) is 18.1 Å². The van der Waals surface area contributed by atoms with Crippen LogP contribution in [0.4, 0.5) is 0 Å². The zero-order valence-corrected chi connectivity index (χ0v) is 21.8. The van der Waals surface area contributed by atoms with E-state index in [9.17, 15) is 0 Å².